The lowest BCUT2D eigenvalue weighted by molar-refractivity contribution is 0.0993. The summed E-state index contributed by atoms with van der Waals surface area (Å²) >= 11 is 0. The maximum Gasteiger partial charge on any atom is 0.111 e. The van der Waals surface area contributed by atoms with Gasteiger partial charge in [0, 0.05) is 13.2 Å². The Morgan fingerprint density at radius 3 is 3.20 bits per heavy atom. The standard InChI is InChI=1S/C10H17N3O2/c1-8(14)10-7-13(12-11-10)5-4-9-3-2-6-15-9/h7-9,14H,2-6H2,1H3. The van der Waals surface area contributed by atoms with Gasteiger partial charge in [0.05, 0.1) is 18.4 Å². The second kappa shape index (κ2) is 4.72. The van der Waals surface area contributed by atoms with Crippen molar-refractivity contribution in [3.05, 3.63) is 11.9 Å². The molecular formula is C10H17N3O2. The van der Waals surface area contributed by atoms with E-state index < -0.39 is 6.10 Å². The van der Waals surface area contributed by atoms with Crippen LogP contribution in [0.3, 0.4) is 0 Å². The Labute approximate surface area is 89.0 Å². The molecule has 0 aliphatic carbocycles. The topological polar surface area (TPSA) is 60.2 Å². The van der Waals surface area contributed by atoms with Crippen LogP contribution in [0.1, 0.15) is 38.0 Å². The third kappa shape index (κ3) is 2.76. The number of hydrogen-bond donors (Lipinski definition) is 1. The highest BCUT2D eigenvalue weighted by Gasteiger charge is 2.15. The van der Waals surface area contributed by atoms with Gasteiger partial charge >= 0.3 is 0 Å². The largest absolute Gasteiger partial charge is 0.387 e. The van der Waals surface area contributed by atoms with E-state index in [2.05, 4.69) is 10.3 Å². The van der Waals surface area contributed by atoms with Crippen LogP contribution in [0.25, 0.3) is 0 Å². The highest BCUT2D eigenvalue weighted by Crippen LogP contribution is 2.16. The van der Waals surface area contributed by atoms with E-state index >= 15 is 0 Å². The molecule has 0 saturated carbocycles. The molecule has 1 aliphatic rings. The van der Waals surface area contributed by atoms with Crippen molar-refractivity contribution in [2.24, 2.45) is 0 Å². The monoisotopic (exact) mass is 211 g/mol. The van der Waals surface area contributed by atoms with Crippen molar-refractivity contribution in [3.8, 4) is 0 Å². The lowest BCUT2D eigenvalue weighted by Gasteiger charge is -2.07. The summed E-state index contributed by atoms with van der Waals surface area (Å²) in [5.41, 5.74) is 0.627. The van der Waals surface area contributed by atoms with Gasteiger partial charge in [-0.2, -0.15) is 0 Å². The SMILES string of the molecule is CC(O)c1cn(CCC2CCCO2)nn1. The van der Waals surface area contributed by atoms with Crippen molar-refractivity contribution in [2.75, 3.05) is 6.61 Å². The molecule has 0 bridgehead atoms. The summed E-state index contributed by atoms with van der Waals surface area (Å²) in [5.74, 6) is 0. The first-order valence-electron chi connectivity index (χ1n) is 5.45. The number of aromatic nitrogens is 3. The van der Waals surface area contributed by atoms with Gasteiger partial charge in [0.25, 0.3) is 0 Å². The quantitative estimate of drug-likeness (QED) is 0.803. The number of hydrogen-bond acceptors (Lipinski definition) is 4. The Hall–Kier alpha value is -0.940. The number of aliphatic hydroxyl groups is 1. The first kappa shape index (κ1) is 10.6. The molecule has 84 valence electrons. The van der Waals surface area contributed by atoms with E-state index in [0.717, 1.165) is 26.0 Å². The Morgan fingerprint density at radius 1 is 1.73 bits per heavy atom. The normalized spacial score (nSPS) is 23.2. The lowest BCUT2D eigenvalue weighted by atomic mass is 10.2. The van der Waals surface area contributed by atoms with Gasteiger partial charge < -0.3 is 9.84 Å². The van der Waals surface area contributed by atoms with Crippen LogP contribution in [-0.4, -0.2) is 32.8 Å². The average Bonchev–Trinajstić information content (AvgIpc) is 2.86. The molecule has 5 nitrogen and oxygen atoms in total. The van der Waals surface area contributed by atoms with E-state index in [-0.39, 0.29) is 0 Å². The second-order valence-electron chi connectivity index (χ2n) is 4.01. The molecule has 1 aromatic rings. The van der Waals surface area contributed by atoms with E-state index in [1.165, 1.54) is 6.42 Å². The van der Waals surface area contributed by atoms with Crippen LogP contribution < -0.4 is 0 Å². The van der Waals surface area contributed by atoms with Gasteiger partial charge in [-0.05, 0) is 26.2 Å². The van der Waals surface area contributed by atoms with E-state index in [1.807, 2.05) is 0 Å². The first-order chi connectivity index (χ1) is 7.25. The van der Waals surface area contributed by atoms with Crippen molar-refractivity contribution in [2.45, 2.75) is 44.9 Å². The Bertz CT molecular complexity index is 305. The summed E-state index contributed by atoms with van der Waals surface area (Å²) < 4.78 is 7.29. The molecule has 0 spiro atoms. The average molecular weight is 211 g/mol. The minimum absolute atomic E-state index is 0.379. The van der Waals surface area contributed by atoms with Crippen molar-refractivity contribution in [3.63, 3.8) is 0 Å². The van der Waals surface area contributed by atoms with Gasteiger partial charge in [0.2, 0.25) is 0 Å². The Balaban J connectivity index is 1.82. The second-order valence-corrected chi connectivity index (χ2v) is 4.01. The third-order valence-electron chi connectivity index (χ3n) is 2.69. The van der Waals surface area contributed by atoms with Crippen LogP contribution in [-0.2, 0) is 11.3 Å². The van der Waals surface area contributed by atoms with Crippen LogP contribution in [0.15, 0.2) is 6.20 Å². The summed E-state index contributed by atoms with van der Waals surface area (Å²) in [7, 11) is 0. The number of aryl methyl sites for hydroxylation is 1. The smallest absolute Gasteiger partial charge is 0.111 e. The summed E-state index contributed by atoms with van der Waals surface area (Å²) in [5, 5.41) is 17.1. The highest BCUT2D eigenvalue weighted by molar-refractivity contribution is 4.95. The van der Waals surface area contributed by atoms with E-state index in [4.69, 9.17) is 4.74 Å². The molecule has 2 atom stereocenters. The van der Waals surface area contributed by atoms with Crippen molar-refractivity contribution < 1.29 is 9.84 Å². The summed E-state index contributed by atoms with van der Waals surface area (Å²) in [4.78, 5) is 0. The van der Waals surface area contributed by atoms with Gasteiger partial charge in [0.1, 0.15) is 5.69 Å². The maximum atomic E-state index is 9.28. The minimum Gasteiger partial charge on any atom is -0.387 e. The molecule has 2 rings (SSSR count). The van der Waals surface area contributed by atoms with Gasteiger partial charge in [-0.3, -0.25) is 4.68 Å². The minimum atomic E-state index is -0.540. The molecule has 5 heteroatoms. The fourth-order valence-corrected chi connectivity index (χ4v) is 1.76. The number of ether oxygens (including phenoxy) is 1. The van der Waals surface area contributed by atoms with Gasteiger partial charge in [-0.15, -0.1) is 5.10 Å². The van der Waals surface area contributed by atoms with Crippen molar-refractivity contribution >= 4 is 0 Å². The molecule has 0 amide bonds. The zero-order chi connectivity index (χ0) is 10.7. The molecule has 1 saturated heterocycles. The molecule has 1 aromatic heterocycles. The lowest BCUT2D eigenvalue weighted by Crippen LogP contribution is -2.10. The van der Waals surface area contributed by atoms with E-state index in [0.29, 0.717) is 11.8 Å². The van der Waals surface area contributed by atoms with Crippen molar-refractivity contribution in [1.29, 1.82) is 0 Å². The van der Waals surface area contributed by atoms with E-state index in [1.54, 1.807) is 17.8 Å². The first-order valence-corrected chi connectivity index (χ1v) is 5.45. The molecule has 0 aromatic carbocycles. The fourth-order valence-electron chi connectivity index (χ4n) is 1.76. The molecule has 0 radical (unpaired) electrons. The number of rotatable bonds is 4. The van der Waals surface area contributed by atoms with Crippen LogP contribution in [0.2, 0.25) is 0 Å². The summed E-state index contributed by atoms with van der Waals surface area (Å²) in [6.45, 7) is 3.39. The Morgan fingerprint density at radius 2 is 2.60 bits per heavy atom. The zero-order valence-corrected chi connectivity index (χ0v) is 8.96. The third-order valence-corrected chi connectivity index (χ3v) is 2.69. The summed E-state index contributed by atoms with van der Waals surface area (Å²) in [6.07, 6.45) is 4.92. The van der Waals surface area contributed by atoms with Gasteiger partial charge in [-0.1, -0.05) is 5.21 Å². The van der Waals surface area contributed by atoms with E-state index in [9.17, 15) is 5.11 Å². The van der Waals surface area contributed by atoms with Gasteiger partial charge in [0.15, 0.2) is 0 Å². The summed E-state index contributed by atoms with van der Waals surface area (Å²) in [6, 6.07) is 0. The van der Waals surface area contributed by atoms with Crippen LogP contribution in [0, 0.1) is 0 Å². The molecule has 15 heavy (non-hydrogen) atoms. The molecule has 1 aliphatic heterocycles. The molecule has 1 fully saturated rings. The van der Waals surface area contributed by atoms with Crippen LogP contribution in [0.4, 0.5) is 0 Å². The zero-order valence-electron chi connectivity index (χ0n) is 8.96. The highest BCUT2D eigenvalue weighted by atomic mass is 16.5. The molecular weight excluding hydrogens is 194 g/mol. The Kier molecular flexibility index (Phi) is 3.33. The molecule has 2 heterocycles. The fraction of sp³-hybridized carbons (Fsp3) is 0.800. The van der Waals surface area contributed by atoms with Crippen LogP contribution in [0.5, 0.6) is 0 Å². The number of aliphatic hydroxyl groups excluding tert-OH is 1. The maximum absolute atomic E-state index is 9.28. The van der Waals surface area contributed by atoms with Crippen molar-refractivity contribution in [1.82, 2.24) is 15.0 Å². The number of nitrogens with zero attached hydrogens (tertiary/aromatic N) is 3. The predicted molar refractivity (Wildman–Crippen MR) is 54.2 cm³/mol. The van der Waals surface area contributed by atoms with Gasteiger partial charge in [-0.25, -0.2) is 0 Å². The predicted octanol–water partition coefficient (Wildman–Crippen LogP) is 0.900. The van der Waals surface area contributed by atoms with Crippen LogP contribution >= 0.6 is 0 Å². The molecule has 1 N–H and O–H groups in total. The molecule has 2 unspecified atom stereocenters.